The fourth-order valence-corrected chi connectivity index (χ4v) is 2.08. The van der Waals surface area contributed by atoms with Gasteiger partial charge in [0.1, 0.15) is 0 Å². The Morgan fingerprint density at radius 3 is 2.70 bits per heavy atom. The molecule has 0 heterocycles. The molecule has 0 saturated carbocycles. The largest absolute Gasteiger partial charge is 0.338 e. The average Bonchev–Trinajstić information content (AvgIpc) is 2.49. The van der Waals surface area contributed by atoms with Gasteiger partial charge >= 0.3 is 0 Å². The standard InChI is InChI=1S/C16H23N3O/c1-4-18-11-13(3)16(20)19(5-2)12-15-9-7-6-8-14(15)10-17/h6-9,13,18H,4-5,11-12H2,1-3H3. The van der Waals surface area contributed by atoms with Crippen LogP contribution in [-0.2, 0) is 11.3 Å². The summed E-state index contributed by atoms with van der Waals surface area (Å²) in [6, 6.07) is 9.61. The van der Waals surface area contributed by atoms with Crippen molar-refractivity contribution in [2.45, 2.75) is 27.3 Å². The molecule has 0 bridgehead atoms. The molecule has 0 aliphatic carbocycles. The van der Waals surface area contributed by atoms with Gasteiger partial charge in [0.25, 0.3) is 0 Å². The highest BCUT2D eigenvalue weighted by Gasteiger charge is 2.19. The second kappa shape index (κ2) is 8.34. The van der Waals surface area contributed by atoms with E-state index in [4.69, 9.17) is 5.26 Å². The van der Waals surface area contributed by atoms with Crippen LogP contribution < -0.4 is 5.32 Å². The Hall–Kier alpha value is -1.86. The topological polar surface area (TPSA) is 56.1 Å². The third-order valence-corrected chi connectivity index (χ3v) is 3.31. The van der Waals surface area contributed by atoms with E-state index in [0.717, 1.165) is 12.1 Å². The number of hydrogen-bond acceptors (Lipinski definition) is 3. The number of carbonyl (C=O) groups is 1. The zero-order valence-corrected chi connectivity index (χ0v) is 12.5. The van der Waals surface area contributed by atoms with Crippen molar-refractivity contribution in [2.24, 2.45) is 5.92 Å². The molecular formula is C16H23N3O. The summed E-state index contributed by atoms with van der Waals surface area (Å²) in [6.45, 7) is 8.62. The van der Waals surface area contributed by atoms with Gasteiger partial charge in [0.05, 0.1) is 11.6 Å². The van der Waals surface area contributed by atoms with Crippen LogP contribution in [-0.4, -0.2) is 30.4 Å². The molecular weight excluding hydrogens is 250 g/mol. The SMILES string of the molecule is CCNCC(C)C(=O)N(CC)Cc1ccccc1C#N. The fraction of sp³-hybridized carbons (Fsp3) is 0.500. The van der Waals surface area contributed by atoms with E-state index >= 15 is 0 Å². The summed E-state index contributed by atoms with van der Waals surface area (Å²) < 4.78 is 0. The molecule has 1 N–H and O–H groups in total. The first-order valence-electron chi connectivity index (χ1n) is 7.11. The molecule has 0 aliphatic heterocycles. The monoisotopic (exact) mass is 273 g/mol. The van der Waals surface area contributed by atoms with Crippen LogP contribution in [0.4, 0.5) is 0 Å². The number of rotatable bonds is 7. The van der Waals surface area contributed by atoms with Gasteiger partial charge in [0.2, 0.25) is 5.91 Å². The summed E-state index contributed by atoms with van der Waals surface area (Å²) in [6.07, 6.45) is 0. The molecule has 108 valence electrons. The third kappa shape index (κ3) is 4.36. The number of carbonyl (C=O) groups excluding carboxylic acids is 1. The van der Waals surface area contributed by atoms with Gasteiger partial charge in [-0.05, 0) is 25.1 Å². The first-order valence-corrected chi connectivity index (χ1v) is 7.11. The summed E-state index contributed by atoms with van der Waals surface area (Å²) in [4.78, 5) is 14.2. The van der Waals surface area contributed by atoms with Gasteiger partial charge in [0.15, 0.2) is 0 Å². The Morgan fingerprint density at radius 1 is 1.40 bits per heavy atom. The molecule has 1 atom stereocenters. The molecule has 0 radical (unpaired) electrons. The Labute approximate surface area is 121 Å². The molecule has 4 nitrogen and oxygen atoms in total. The lowest BCUT2D eigenvalue weighted by Gasteiger charge is -2.25. The van der Waals surface area contributed by atoms with Crippen molar-refractivity contribution in [1.29, 1.82) is 5.26 Å². The van der Waals surface area contributed by atoms with E-state index in [-0.39, 0.29) is 11.8 Å². The van der Waals surface area contributed by atoms with Gasteiger partial charge in [0, 0.05) is 25.6 Å². The molecule has 20 heavy (non-hydrogen) atoms. The number of benzene rings is 1. The van der Waals surface area contributed by atoms with E-state index < -0.39 is 0 Å². The van der Waals surface area contributed by atoms with Crippen molar-refractivity contribution in [2.75, 3.05) is 19.6 Å². The van der Waals surface area contributed by atoms with Crippen LogP contribution in [0.5, 0.6) is 0 Å². The molecule has 0 aliphatic rings. The van der Waals surface area contributed by atoms with Crippen molar-refractivity contribution < 1.29 is 4.79 Å². The average molecular weight is 273 g/mol. The molecule has 1 aromatic rings. The minimum atomic E-state index is -0.0517. The normalized spacial score (nSPS) is 11.7. The quantitative estimate of drug-likeness (QED) is 0.828. The van der Waals surface area contributed by atoms with Gasteiger partial charge < -0.3 is 10.2 Å². The van der Waals surface area contributed by atoms with Crippen LogP contribution in [0.25, 0.3) is 0 Å². The fourth-order valence-electron chi connectivity index (χ4n) is 2.08. The third-order valence-electron chi connectivity index (χ3n) is 3.31. The lowest BCUT2D eigenvalue weighted by atomic mass is 10.1. The van der Waals surface area contributed by atoms with Crippen LogP contribution >= 0.6 is 0 Å². The Bertz CT molecular complexity index is 479. The highest BCUT2D eigenvalue weighted by Crippen LogP contribution is 2.12. The highest BCUT2D eigenvalue weighted by molar-refractivity contribution is 5.78. The highest BCUT2D eigenvalue weighted by atomic mass is 16.2. The lowest BCUT2D eigenvalue weighted by Crippen LogP contribution is -2.38. The van der Waals surface area contributed by atoms with Gasteiger partial charge in [-0.3, -0.25) is 4.79 Å². The zero-order valence-electron chi connectivity index (χ0n) is 12.5. The Kier molecular flexibility index (Phi) is 6.75. The number of nitrogens with zero attached hydrogens (tertiary/aromatic N) is 2. The maximum Gasteiger partial charge on any atom is 0.226 e. The number of amides is 1. The summed E-state index contributed by atoms with van der Waals surface area (Å²) in [5.74, 6) is 0.0744. The van der Waals surface area contributed by atoms with E-state index in [1.807, 2.05) is 39.0 Å². The molecule has 1 amide bonds. The van der Waals surface area contributed by atoms with Crippen LogP contribution in [0.15, 0.2) is 24.3 Å². The van der Waals surface area contributed by atoms with Crippen molar-refractivity contribution >= 4 is 5.91 Å². The molecule has 1 unspecified atom stereocenters. The van der Waals surface area contributed by atoms with E-state index in [9.17, 15) is 4.79 Å². The molecule has 4 heteroatoms. The van der Waals surface area contributed by atoms with Crippen LogP contribution in [0, 0.1) is 17.2 Å². The zero-order chi connectivity index (χ0) is 15.0. The Balaban J connectivity index is 2.76. The predicted octanol–water partition coefficient (Wildman–Crippen LogP) is 2.15. The minimum Gasteiger partial charge on any atom is -0.338 e. The molecule has 0 saturated heterocycles. The summed E-state index contributed by atoms with van der Waals surface area (Å²) in [5, 5.41) is 12.3. The maximum absolute atomic E-state index is 12.4. The predicted molar refractivity (Wildman–Crippen MR) is 80.0 cm³/mol. The lowest BCUT2D eigenvalue weighted by molar-refractivity contribution is -0.135. The molecule has 0 aromatic heterocycles. The second-order valence-electron chi connectivity index (χ2n) is 4.83. The van der Waals surface area contributed by atoms with Gasteiger partial charge in [-0.1, -0.05) is 32.0 Å². The van der Waals surface area contributed by atoms with Gasteiger partial charge in [-0.15, -0.1) is 0 Å². The van der Waals surface area contributed by atoms with Crippen LogP contribution in [0.1, 0.15) is 31.9 Å². The second-order valence-corrected chi connectivity index (χ2v) is 4.83. The van der Waals surface area contributed by atoms with Crippen molar-refractivity contribution in [1.82, 2.24) is 10.2 Å². The number of hydrogen-bond donors (Lipinski definition) is 1. The van der Waals surface area contributed by atoms with E-state index in [0.29, 0.717) is 25.2 Å². The summed E-state index contributed by atoms with van der Waals surface area (Å²) in [7, 11) is 0. The minimum absolute atomic E-state index is 0.0517. The molecule has 0 spiro atoms. The maximum atomic E-state index is 12.4. The van der Waals surface area contributed by atoms with E-state index in [1.54, 1.807) is 11.0 Å². The van der Waals surface area contributed by atoms with Gasteiger partial charge in [-0.2, -0.15) is 5.26 Å². The molecule has 0 fully saturated rings. The first kappa shape index (κ1) is 16.2. The van der Waals surface area contributed by atoms with Crippen molar-refractivity contribution in [3.63, 3.8) is 0 Å². The summed E-state index contributed by atoms with van der Waals surface area (Å²) in [5.41, 5.74) is 1.54. The summed E-state index contributed by atoms with van der Waals surface area (Å²) >= 11 is 0. The van der Waals surface area contributed by atoms with Crippen LogP contribution in [0.3, 0.4) is 0 Å². The first-order chi connectivity index (χ1) is 9.63. The molecule has 1 rings (SSSR count). The van der Waals surface area contributed by atoms with Crippen molar-refractivity contribution in [3.8, 4) is 6.07 Å². The molecule has 1 aromatic carbocycles. The number of nitrogens with one attached hydrogen (secondary N) is 1. The van der Waals surface area contributed by atoms with Crippen LogP contribution in [0.2, 0.25) is 0 Å². The van der Waals surface area contributed by atoms with E-state index in [2.05, 4.69) is 11.4 Å². The van der Waals surface area contributed by atoms with Crippen molar-refractivity contribution in [3.05, 3.63) is 35.4 Å². The Morgan fingerprint density at radius 2 is 2.10 bits per heavy atom. The van der Waals surface area contributed by atoms with E-state index in [1.165, 1.54) is 0 Å². The smallest absolute Gasteiger partial charge is 0.226 e. The number of nitriles is 1. The van der Waals surface area contributed by atoms with Gasteiger partial charge in [-0.25, -0.2) is 0 Å².